The van der Waals surface area contributed by atoms with E-state index in [1.54, 1.807) is 0 Å². The number of carbonyl (C=O) groups is 1. The van der Waals surface area contributed by atoms with E-state index in [-0.39, 0.29) is 5.91 Å². The maximum atomic E-state index is 11.7. The molecule has 1 amide bonds. The van der Waals surface area contributed by atoms with Crippen LogP contribution < -0.4 is 15.1 Å². The quantitative estimate of drug-likeness (QED) is 0.587. The van der Waals surface area contributed by atoms with Gasteiger partial charge in [-0.25, -0.2) is 4.98 Å². The number of aromatic nitrogens is 2. The number of pyridine rings is 2. The highest BCUT2D eigenvalue weighted by molar-refractivity contribution is 5.75. The first-order chi connectivity index (χ1) is 18.2. The number of nitrogens with zero attached hydrogens (tertiary/aromatic N) is 5. The number of anilines is 2. The van der Waals surface area contributed by atoms with Crippen molar-refractivity contribution in [3.05, 3.63) is 36.7 Å². The van der Waals surface area contributed by atoms with Crippen molar-refractivity contribution in [1.29, 1.82) is 0 Å². The smallest absolute Gasteiger partial charge is 0.219 e. The molecule has 2 saturated heterocycles. The predicted octanol–water partition coefficient (Wildman–Crippen LogP) is 3.58. The zero-order valence-corrected chi connectivity index (χ0v) is 22.3. The molecule has 0 aromatic carbocycles. The van der Waals surface area contributed by atoms with E-state index in [1.165, 1.54) is 31.4 Å². The van der Waals surface area contributed by atoms with E-state index in [2.05, 4.69) is 43.2 Å². The fourth-order valence-corrected chi connectivity index (χ4v) is 5.81. The van der Waals surface area contributed by atoms with Gasteiger partial charge in [0.25, 0.3) is 0 Å². The first kappa shape index (κ1) is 25.9. The molecule has 2 aromatic rings. The Kier molecular flexibility index (Phi) is 8.89. The summed E-state index contributed by atoms with van der Waals surface area (Å²) in [5.74, 6) is 3.09. The molecule has 1 N–H and O–H groups in total. The van der Waals surface area contributed by atoms with Gasteiger partial charge in [-0.05, 0) is 68.3 Å². The van der Waals surface area contributed by atoms with Crippen LogP contribution in [0.25, 0.3) is 11.1 Å². The van der Waals surface area contributed by atoms with Crippen molar-refractivity contribution in [3.8, 4) is 11.1 Å². The van der Waals surface area contributed by atoms with Crippen LogP contribution in [0, 0.1) is 5.92 Å². The zero-order valence-electron chi connectivity index (χ0n) is 22.3. The van der Waals surface area contributed by atoms with Gasteiger partial charge in [0.15, 0.2) is 0 Å². The van der Waals surface area contributed by atoms with Crippen LogP contribution in [0.5, 0.6) is 0 Å². The maximum absolute atomic E-state index is 11.7. The molecule has 1 saturated carbocycles. The number of carbonyl (C=O) groups excluding carboxylic acids is 1. The van der Waals surface area contributed by atoms with Crippen LogP contribution in [0.4, 0.5) is 11.6 Å². The van der Waals surface area contributed by atoms with Crippen LogP contribution >= 0.6 is 0 Å². The monoisotopic (exact) mass is 506 g/mol. The van der Waals surface area contributed by atoms with E-state index in [4.69, 9.17) is 9.72 Å². The highest BCUT2D eigenvalue weighted by Crippen LogP contribution is 2.30. The second kappa shape index (κ2) is 12.7. The first-order valence-electron chi connectivity index (χ1n) is 14.2. The molecule has 2 aliphatic heterocycles. The molecule has 0 unspecified atom stereocenters. The van der Waals surface area contributed by atoms with E-state index >= 15 is 0 Å². The van der Waals surface area contributed by atoms with Crippen LogP contribution in [-0.2, 0) is 9.53 Å². The molecule has 0 spiro atoms. The first-order valence-corrected chi connectivity index (χ1v) is 14.2. The maximum Gasteiger partial charge on any atom is 0.219 e. The second-order valence-electron chi connectivity index (χ2n) is 10.7. The highest BCUT2D eigenvalue weighted by Gasteiger charge is 2.25. The lowest BCUT2D eigenvalue weighted by atomic mass is 9.84. The molecule has 0 radical (unpaired) electrons. The molecule has 3 aliphatic rings. The Hall–Kier alpha value is -2.71. The Morgan fingerprint density at radius 2 is 1.68 bits per heavy atom. The Morgan fingerprint density at radius 3 is 2.32 bits per heavy atom. The van der Waals surface area contributed by atoms with Crippen LogP contribution in [-0.4, -0.2) is 85.8 Å². The topological polar surface area (TPSA) is 73.8 Å². The van der Waals surface area contributed by atoms with E-state index in [0.717, 1.165) is 88.4 Å². The van der Waals surface area contributed by atoms with Crippen molar-refractivity contribution in [2.45, 2.75) is 51.5 Å². The van der Waals surface area contributed by atoms with Crippen molar-refractivity contribution in [2.24, 2.45) is 5.92 Å². The minimum atomic E-state index is 0.193. The average molecular weight is 507 g/mol. The number of ether oxygens (including phenoxy) is 1. The molecule has 8 heteroatoms. The third kappa shape index (κ3) is 6.99. The van der Waals surface area contributed by atoms with E-state index in [1.807, 2.05) is 25.4 Å². The Labute approximate surface area is 221 Å². The van der Waals surface area contributed by atoms with Gasteiger partial charge in [-0.1, -0.05) is 13.0 Å². The molecule has 0 bridgehead atoms. The van der Waals surface area contributed by atoms with Gasteiger partial charge in [-0.15, -0.1) is 0 Å². The van der Waals surface area contributed by atoms with Gasteiger partial charge in [0, 0.05) is 69.7 Å². The van der Waals surface area contributed by atoms with Crippen LogP contribution in [0.15, 0.2) is 36.7 Å². The molecule has 37 heavy (non-hydrogen) atoms. The highest BCUT2D eigenvalue weighted by atomic mass is 16.5. The summed E-state index contributed by atoms with van der Waals surface area (Å²) in [6, 6.07) is 8.94. The Bertz CT molecular complexity index is 997. The largest absolute Gasteiger partial charge is 0.378 e. The number of hydrogen-bond acceptors (Lipinski definition) is 7. The summed E-state index contributed by atoms with van der Waals surface area (Å²) >= 11 is 0. The van der Waals surface area contributed by atoms with Crippen molar-refractivity contribution in [2.75, 3.05) is 68.8 Å². The normalized spacial score (nSPS) is 23.2. The van der Waals surface area contributed by atoms with Gasteiger partial charge in [0.2, 0.25) is 5.91 Å². The van der Waals surface area contributed by atoms with Crippen LogP contribution in [0.3, 0.4) is 0 Å². The number of morpholine rings is 1. The summed E-state index contributed by atoms with van der Waals surface area (Å²) in [6.45, 7) is 10.5. The lowest BCUT2D eigenvalue weighted by Gasteiger charge is -2.37. The van der Waals surface area contributed by atoms with Gasteiger partial charge in [-0.3, -0.25) is 14.7 Å². The SMILES string of the molecule is CCC(=O)NC1CCC(CCN2CCN(c3cc(-c4cccnc4)cc(N4CCOCC4)n3)CC2)CC1. The predicted molar refractivity (Wildman–Crippen MR) is 148 cm³/mol. The third-order valence-electron chi connectivity index (χ3n) is 8.21. The molecular weight excluding hydrogens is 464 g/mol. The van der Waals surface area contributed by atoms with Gasteiger partial charge in [-0.2, -0.15) is 0 Å². The number of piperazine rings is 1. The van der Waals surface area contributed by atoms with Crippen molar-refractivity contribution >= 4 is 17.5 Å². The minimum Gasteiger partial charge on any atom is -0.378 e. The Balaban J connectivity index is 1.16. The molecule has 1 aliphatic carbocycles. The standard InChI is InChI=1S/C29H42N6O2/c1-2-29(36)31-26-7-5-23(6-8-26)9-11-33-12-14-34(15-13-33)27-20-25(24-4-3-10-30-22-24)21-28(32-27)35-16-18-37-19-17-35/h3-4,10,20-23,26H,2,5-9,11-19H2,1H3,(H,31,36). The van der Waals surface area contributed by atoms with Gasteiger partial charge in [0.05, 0.1) is 13.2 Å². The van der Waals surface area contributed by atoms with Crippen molar-refractivity contribution in [1.82, 2.24) is 20.2 Å². The van der Waals surface area contributed by atoms with Crippen molar-refractivity contribution < 1.29 is 9.53 Å². The average Bonchev–Trinajstić information content (AvgIpc) is 2.97. The number of rotatable bonds is 8. The van der Waals surface area contributed by atoms with E-state index in [9.17, 15) is 4.79 Å². The number of hydrogen-bond donors (Lipinski definition) is 1. The molecule has 3 fully saturated rings. The van der Waals surface area contributed by atoms with Gasteiger partial charge in [0.1, 0.15) is 11.6 Å². The van der Waals surface area contributed by atoms with E-state index in [0.29, 0.717) is 12.5 Å². The summed E-state index contributed by atoms with van der Waals surface area (Å²) in [4.78, 5) is 28.5. The Morgan fingerprint density at radius 1 is 0.973 bits per heavy atom. The van der Waals surface area contributed by atoms with Gasteiger partial charge >= 0.3 is 0 Å². The summed E-state index contributed by atoms with van der Waals surface area (Å²) < 4.78 is 5.57. The lowest BCUT2D eigenvalue weighted by molar-refractivity contribution is -0.121. The zero-order chi connectivity index (χ0) is 25.5. The summed E-state index contributed by atoms with van der Waals surface area (Å²) in [5.41, 5.74) is 2.30. The number of nitrogens with one attached hydrogen (secondary N) is 1. The summed E-state index contributed by atoms with van der Waals surface area (Å²) in [5, 5.41) is 3.18. The molecule has 8 nitrogen and oxygen atoms in total. The number of amides is 1. The molecule has 200 valence electrons. The van der Waals surface area contributed by atoms with Gasteiger partial charge < -0.3 is 19.9 Å². The minimum absolute atomic E-state index is 0.193. The molecular formula is C29H42N6O2. The fraction of sp³-hybridized carbons (Fsp3) is 0.621. The van der Waals surface area contributed by atoms with Crippen LogP contribution in [0.1, 0.15) is 45.4 Å². The molecule has 0 atom stereocenters. The lowest BCUT2D eigenvalue weighted by Crippen LogP contribution is -2.47. The van der Waals surface area contributed by atoms with Crippen molar-refractivity contribution in [3.63, 3.8) is 0 Å². The van der Waals surface area contributed by atoms with Crippen LogP contribution in [0.2, 0.25) is 0 Å². The molecule has 4 heterocycles. The fourth-order valence-electron chi connectivity index (χ4n) is 5.81. The second-order valence-corrected chi connectivity index (χ2v) is 10.7. The summed E-state index contributed by atoms with van der Waals surface area (Å²) in [7, 11) is 0. The van der Waals surface area contributed by atoms with E-state index < -0.39 is 0 Å². The molecule has 5 rings (SSSR count). The summed E-state index contributed by atoms with van der Waals surface area (Å²) in [6.07, 6.45) is 10.4. The molecule has 2 aromatic heterocycles. The third-order valence-corrected chi connectivity index (χ3v) is 8.21.